The van der Waals surface area contributed by atoms with Gasteiger partial charge in [-0.15, -0.1) is 0 Å². The second kappa shape index (κ2) is 7.98. The summed E-state index contributed by atoms with van der Waals surface area (Å²) in [6, 6.07) is 5.49. The Balaban J connectivity index is 2.33. The van der Waals surface area contributed by atoms with Crippen molar-refractivity contribution in [3.8, 4) is 5.75 Å². The lowest BCUT2D eigenvalue weighted by atomic mass is 10.2. The lowest BCUT2D eigenvalue weighted by molar-refractivity contribution is 0.0530. The number of hydrogen-bond acceptors (Lipinski definition) is 4. The number of anilines is 1. The number of ether oxygens (including phenoxy) is 2. The molecule has 118 valence electrons. The van der Waals surface area contributed by atoms with E-state index in [1.165, 1.54) is 0 Å². The van der Waals surface area contributed by atoms with Crippen LogP contribution in [0.1, 0.15) is 27.7 Å². The van der Waals surface area contributed by atoms with Crippen LogP contribution in [-0.2, 0) is 4.74 Å². The zero-order chi connectivity index (χ0) is 15.9. The van der Waals surface area contributed by atoms with Crippen LogP contribution in [0.25, 0.3) is 0 Å². The molecule has 0 saturated heterocycles. The van der Waals surface area contributed by atoms with Crippen molar-refractivity contribution in [2.75, 3.05) is 25.0 Å². The SMILES string of the molecule is CCOc1ccc(NCCNC(=O)OC(C)(C)C)cc1Cl. The second-order valence-corrected chi connectivity index (χ2v) is 5.84. The van der Waals surface area contributed by atoms with Gasteiger partial charge >= 0.3 is 6.09 Å². The van der Waals surface area contributed by atoms with Crippen LogP contribution >= 0.6 is 11.6 Å². The van der Waals surface area contributed by atoms with E-state index in [2.05, 4.69) is 10.6 Å². The van der Waals surface area contributed by atoms with Crippen molar-refractivity contribution < 1.29 is 14.3 Å². The van der Waals surface area contributed by atoms with Gasteiger partial charge < -0.3 is 20.1 Å². The molecule has 0 radical (unpaired) electrons. The summed E-state index contributed by atoms with van der Waals surface area (Å²) >= 11 is 6.09. The van der Waals surface area contributed by atoms with Gasteiger partial charge in [-0.2, -0.15) is 0 Å². The Morgan fingerprint density at radius 3 is 2.57 bits per heavy atom. The van der Waals surface area contributed by atoms with Gasteiger partial charge in [0.2, 0.25) is 0 Å². The summed E-state index contributed by atoms with van der Waals surface area (Å²) < 4.78 is 10.5. The Kier molecular flexibility index (Phi) is 6.62. The van der Waals surface area contributed by atoms with Crippen LogP contribution in [0.2, 0.25) is 5.02 Å². The summed E-state index contributed by atoms with van der Waals surface area (Å²) in [5, 5.41) is 6.39. The maximum absolute atomic E-state index is 11.4. The topological polar surface area (TPSA) is 59.6 Å². The Morgan fingerprint density at radius 2 is 2.00 bits per heavy atom. The van der Waals surface area contributed by atoms with E-state index in [4.69, 9.17) is 21.1 Å². The maximum atomic E-state index is 11.4. The van der Waals surface area contributed by atoms with Crippen LogP contribution in [0.5, 0.6) is 5.75 Å². The molecule has 0 bridgehead atoms. The first-order chi connectivity index (χ1) is 9.81. The van der Waals surface area contributed by atoms with Gasteiger partial charge in [0.25, 0.3) is 0 Å². The van der Waals surface area contributed by atoms with Crippen molar-refractivity contribution >= 4 is 23.4 Å². The first kappa shape index (κ1) is 17.4. The maximum Gasteiger partial charge on any atom is 0.407 e. The molecule has 0 aromatic heterocycles. The minimum atomic E-state index is -0.486. The van der Waals surface area contributed by atoms with Crippen molar-refractivity contribution in [1.29, 1.82) is 0 Å². The number of halogens is 1. The number of alkyl carbamates (subject to hydrolysis) is 1. The average molecular weight is 315 g/mol. The standard InChI is InChI=1S/C15H23ClN2O3/c1-5-20-13-7-6-11(10-12(13)16)17-8-9-18-14(19)21-15(2,3)4/h6-7,10,17H,5,8-9H2,1-4H3,(H,18,19). The van der Waals surface area contributed by atoms with Gasteiger partial charge in [-0.25, -0.2) is 4.79 Å². The molecular weight excluding hydrogens is 292 g/mol. The number of carbonyl (C=O) groups is 1. The molecule has 21 heavy (non-hydrogen) atoms. The molecule has 2 N–H and O–H groups in total. The molecule has 1 amide bonds. The summed E-state index contributed by atoms with van der Waals surface area (Å²) in [5.74, 6) is 0.664. The molecule has 0 fully saturated rings. The molecule has 0 atom stereocenters. The summed E-state index contributed by atoms with van der Waals surface area (Å²) in [6.07, 6.45) is -0.422. The van der Waals surface area contributed by atoms with Gasteiger partial charge in [-0.05, 0) is 45.9 Å². The number of nitrogens with one attached hydrogen (secondary N) is 2. The number of rotatable bonds is 6. The minimum Gasteiger partial charge on any atom is -0.492 e. The Hall–Kier alpha value is -1.62. The highest BCUT2D eigenvalue weighted by Gasteiger charge is 2.15. The van der Waals surface area contributed by atoms with Crippen LogP contribution in [0, 0.1) is 0 Å². The lowest BCUT2D eigenvalue weighted by Gasteiger charge is -2.19. The number of benzene rings is 1. The number of hydrogen-bond donors (Lipinski definition) is 2. The predicted octanol–water partition coefficient (Wildman–Crippen LogP) is 3.68. The fourth-order valence-corrected chi connectivity index (χ4v) is 1.80. The summed E-state index contributed by atoms with van der Waals surface area (Å²) in [4.78, 5) is 11.4. The van der Waals surface area contributed by atoms with Crippen LogP contribution in [0.4, 0.5) is 10.5 Å². The highest BCUT2D eigenvalue weighted by molar-refractivity contribution is 6.32. The van der Waals surface area contributed by atoms with Gasteiger partial charge in [0, 0.05) is 18.8 Å². The van der Waals surface area contributed by atoms with Gasteiger partial charge in [0.15, 0.2) is 0 Å². The highest BCUT2D eigenvalue weighted by atomic mass is 35.5. The fourth-order valence-electron chi connectivity index (χ4n) is 1.57. The molecule has 0 aliphatic heterocycles. The van der Waals surface area contributed by atoms with E-state index >= 15 is 0 Å². The van der Waals surface area contributed by atoms with E-state index in [0.29, 0.717) is 30.5 Å². The summed E-state index contributed by atoms with van der Waals surface area (Å²) in [5.41, 5.74) is 0.384. The summed E-state index contributed by atoms with van der Waals surface area (Å²) in [7, 11) is 0. The van der Waals surface area contributed by atoms with Gasteiger partial charge in [-0.3, -0.25) is 0 Å². The van der Waals surface area contributed by atoms with E-state index in [0.717, 1.165) is 5.69 Å². The molecule has 0 unspecified atom stereocenters. The normalized spacial score (nSPS) is 10.9. The third-order valence-corrected chi connectivity index (χ3v) is 2.65. The molecule has 0 heterocycles. The van der Waals surface area contributed by atoms with Crippen molar-refractivity contribution in [2.45, 2.75) is 33.3 Å². The predicted molar refractivity (Wildman–Crippen MR) is 85.3 cm³/mol. The Labute approximate surface area is 131 Å². The zero-order valence-electron chi connectivity index (χ0n) is 13.0. The average Bonchev–Trinajstić information content (AvgIpc) is 2.36. The molecule has 0 aliphatic rings. The minimum absolute atomic E-state index is 0.422. The van der Waals surface area contributed by atoms with Gasteiger partial charge in [0.05, 0.1) is 11.6 Å². The smallest absolute Gasteiger partial charge is 0.407 e. The lowest BCUT2D eigenvalue weighted by Crippen LogP contribution is -2.34. The van der Waals surface area contributed by atoms with Crippen LogP contribution < -0.4 is 15.4 Å². The third kappa shape index (κ3) is 7.09. The van der Waals surface area contributed by atoms with Gasteiger partial charge in [0.1, 0.15) is 11.4 Å². The summed E-state index contributed by atoms with van der Waals surface area (Å²) in [6.45, 7) is 8.99. The number of carbonyl (C=O) groups excluding carboxylic acids is 1. The molecule has 1 rings (SSSR count). The molecule has 5 nitrogen and oxygen atoms in total. The van der Waals surface area contributed by atoms with Gasteiger partial charge in [-0.1, -0.05) is 11.6 Å². The van der Waals surface area contributed by atoms with E-state index in [1.807, 2.05) is 39.8 Å². The van der Waals surface area contributed by atoms with E-state index in [-0.39, 0.29) is 0 Å². The molecule has 0 saturated carbocycles. The van der Waals surface area contributed by atoms with E-state index in [1.54, 1.807) is 6.07 Å². The highest BCUT2D eigenvalue weighted by Crippen LogP contribution is 2.27. The third-order valence-electron chi connectivity index (χ3n) is 2.35. The quantitative estimate of drug-likeness (QED) is 0.786. The van der Waals surface area contributed by atoms with Crippen molar-refractivity contribution in [2.24, 2.45) is 0 Å². The first-order valence-corrected chi connectivity index (χ1v) is 7.32. The van der Waals surface area contributed by atoms with Crippen molar-refractivity contribution in [1.82, 2.24) is 5.32 Å². The van der Waals surface area contributed by atoms with E-state index < -0.39 is 11.7 Å². The van der Waals surface area contributed by atoms with Crippen molar-refractivity contribution in [3.05, 3.63) is 23.2 Å². The largest absolute Gasteiger partial charge is 0.492 e. The van der Waals surface area contributed by atoms with Crippen LogP contribution in [0.15, 0.2) is 18.2 Å². The molecule has 0 aliphatic carbocycles. The Morgan fingerprint density at radius 1 is 1.29 bits per heavy atom. The van der Waals surface area contributed by atoms with Crippen LogP contribution in [-0.4, -0.2) is 31.4 Å². The zero-order valence-corrected chi connectivity index (χ0v) is 13.7. The van der Waals surface area contributed by atoms with Crippen LogP contribution in [0.3, 0.4) is 0 Å². The first-order valence-electron chi connectivity index (χ1n) is 6.95. The molecule has 0 spiro atoms. The molecule has 1 aromatic carbocycles. The second-order valence-electron chi connectivity index (χ2n) is 5.43. The molecule has 1 aromatic rings. The molecular formula is C15H23ClN2O3. The number of amides is 1. The fraction of sp³-hybridized carbons (Fsp3) is 0.533. The van der Waals surface area contributed by atoms with E-state index in [9.17, 15) is 4.79 Å². The van der Waals surface area contributed by atoms with Crippen molar-refractivity contribution in [3.63, 3.8) is 0 Å². The molecule has 6 heteroatoms. The Bertz CT molecular complexity index is 472. The monoisotopic (exact) mass is 314 g/mol.